The van der Waals surface area contributed by atoms with Crippen LogP contribution in [0, 0.1) is 0 Å². The summed E-state index contributed by atoms with van der Waals surface area (Å²) >= 11 is 3.39. The molecule has 4 heteroatoms. The SMILES string of the molecule is CCCCc1nc(C2CCCC2)c(Br)c(=O)[nH]1. The van der Waals surface area contributed by atoms with E-state index in [0.29, 0.717) is 10.4 Å². The minimum atomic E-state index is -0.0204. The molecule has 0 unspecified atom stereocenters. The van der Waals surface area contributed by atoms with E-state index in [2.05, 4.69) is 32.8 Å². The Hall–Kier alpha value is -0.640. The number of nitrogens with one attached hydrogen (secondary N) is 1. The van der Waals surface area contributed by atoms with Crippen LogP contribution in [0.3, 0.4) is 0 Å². The van der Waals surface area contributed by atoms with Crippen molar-refractivity contribution in [2.75, 3.05) is 0 Å². The number of H-pyrrole nitrogens is 1. The lowest BCUT2D eigenvalue weighted by Gasteiger charge is -2.11. The van der Waals surface area contributed by atoms with Gasteiger partial charge in [-0.05, 0) is 35.2 Å². The average molecular weight is 299 g/mol. The Morgan fingerprint density at radius 1 is 1.41 bits per heavy atom. The van der Waals surface area contributed by atoms with Crippen LogP contribution < -0.4 is 5.56 Å². The quantitative estimate of drug-likeness (QED) is 0.924. The van der Waals surface area contributed by atoms with E-state index in [1.807, 2.05) is 0 Å². The van der Waals surface area contributed by atoms with Crippen LogP contribution in [0.5, 0.6) is 0 Å². The van der Waals surface area contributed by atoms with Crippen LogP contribution in [-0.4, -0.2) is 9.97 Å². The van der Waals surface area contributed by atoms with Crippen molar-refractivity contribution < 1.29 is 0 Å². The van der Waals surface area contributed by atoms with Crippen LogP contribution in [0.4, 0.5) is 0 Å². The smallest absolute Gasteiger partial charge is 0.265 e. The van der Waals surface area contributed by atoms with E-state index in [1.54, 1.807) is 0 Å². The fourth-order valence-corrected chi connectivity index (χ4v) is 2.97. The van der Waals surface area contributed by atoms with Gasteiger partial charge in [0.15, 0.2) is 0 Å². The van der Waals surface area contributed by atoms with Crippen LogP contribution in [0.15, 0.2) is 9.27 Å². The number of aromatic amines is 1. The van der Waals surface area contributed by atoms with Crippen molar-refractivity contribution in [3.63, 3.8) is 0 Å². The van der Waals surface area contributed by atoms with Crippen LogP contribution in [-0.2, 0) is 6.42 Å². The predicted molar refractivity (Wildman–Crippen MR) is 72.4 cm³/mol. The van der Waals surface area contributed by atoms with Gasteiger partial charge < -0.3 is 4.98 Å². The number of hydrogen-bond donors (Lipinski definition) is 1. The highest BCUT2D eigenvalue weighted by Gasteiger charge is 2.22. The number of aromatic nitrogens is 2. The third-order valence-electron chi connectivity index (χ3n) is 3.45. The molecule has 1 fully saturated rings. The first-order valence-corrected chi connectivity index (χ1v) is 7.30. The molecule has 3 nitrogen and oxygen atoms in total. The molecule has 0 spiro atoms. The molecule has 1 N–H and O–H groups in total. The highest BCUT2D eigenvalue weighted by atomic mass is 79.9. The summed E-state index contributed by atoms with van der Waals surface area (Å²) in [5, 5.41) is 0. The molecule has 0 saturated heterocycles. The van der Waals surface area contributed by atoms with Crippen molar-refractivity contribution in [1.82, 2.24) is 9.97 Å². The number of hydrogen-bond acceptors (Lipinski definition) is 2. The monoisotopic (exact) mass is 298 g/mol. The van der Waals surface area contributed by atoms with Gasteiger partial charge in [-0.15, -0.1) is 0 Å². The van der Waals surface area contributed by atoms with Gasteiger partial charge in [-0.25, -0.2) is 4.98 Å². The van der Waals surface area contributed by atoms with Crippen LogP contribution in [0.2, 0.25) is 0 Å². The van der Waals surface area contributed by atoms with Gasteiger partial charge in [0.1, 0.15) is 10.3 Å². The summed E-state index contributed by atoms with van der Waals surface area (Å²) in [5.74, 6) is 1.33. The zero-order chi connectivity index (χ0) is 12.3. The van der Waals surface area contributed by atoms with Gasteiger partial charge in [-0.3, -0.25) is 4.79 Å². The summed E-state index contributed by atoms with van der Waals surface area (Å²) in [6.45, 7) is 2.15. The average Bonchev–Trinajstić information content (AvgIpc) is 2.84. The van der Waals surface area contributed by atoms with E-state index in [1.165, 1.54) is 25.7 Å². The molecule has 1 aliphatic carbocycles. The lowest BCUT2D eigenvalue weighted by atomic mass is 10.0. The second-order valence-electron chi connectivity index (χ2n) is 4.80. The molecular formula is C13H19BrN2O. The summed E-state index contributed by atoms with van der Waals surface area (Å²) in [6, 6.07) is 0. The molecule has 2 rings (SSSR count). The highest BCUT2D eigenvalue weighted by molar-refractivity contribution is 9.10. The summed E-state index contributed by atoms with van der Waals surface area (Å²) in [5.41, 5.74) is 0.963. The third-order valence-corrected chi connectivity index (χ3v) is 4.21. The Morgan fingerprint density at radius 2 is 2.12 bits per heavy atom. The number of unbranched alkanes of at least 4 members (excludes halogenated alkanes) is 1. The van der Waals surface area contributed by atoms with Crippen molar-refractivity contribution in [2.24, 2.45) is 0 Å². The van der Waals surface area contributed by atoms with E-state index in [-0.39, 0.29) is 5.56 Å². The summed E-state index contributed by atoms with van der Waals surface area (Å²) in [7, 11) is 0. The van der Waals surface area contributed by atoms with Gasteiger partial charge in [-0.1, -0.05) is 26.2 Å². The van der Waals surface area contributed by atoms with Crippen molar-refractivity contribution in [2.45, 2.75) is 57.8 Å². The molecule has 17 heavy (non-hydrogen) atoms. The first kappa shape index (κ1) is 12.8. The van der Waals surface area contributed by atoms with Gasteiger partial charge in [0, 0.05) is 12.3 Å². The lowest BCUT2D eigenvalue weighted by molar-refractivity contribution is 0.663. The zero-order valence-corrected chi connectivity index (χ0v) is 11.8. The normalized spacial score (nSPS) is 16.6. The fraction of sp³-hybridized carbons (Fsp3) is 0.692. The molecule has 0 radical (unpaired) electrons. The number of rotatable bonds is 4. The minimum absolute atomic E-state index is 0.0204. The zero-order valence-electron chi connectivity index (χ0n) is 10.3. The van der Waals surface area contributed by atoms with Crippen molar-refractivity contribution in [3.05, 3.63) is 26.3 Å². The maximum absolute atomic E-state index is 11.8. The molecule has 0 aliphatic heterocycles. The second-order valence-corrected chi connectivity index (χ2v) is 5.59. The van der Waals surface area contributed by atoms with Crippen LogP contribution in [0.1, 0.15) is 62.9 Å². The number of halogens is 1. The Labute approximate surface area is 110 Å². The first-order valence-electron chi connectivity index (χ1n) is 6.51. The number of nitrogens with zero attached hydrogens (tertiary/aromatic N) is 1. The van der Waals surface area contributed by atoms with Crippen molar-refractivity contribution >= 4 is 15.9 Å². The number of aryl methyl sites for hydroxylation is 1. The molecule has 0 amide bonds. The Kier molecular flexibility index (Phi) is 4.37. The highest BCUT2D eigenvalue weighted by Crippen LogP contribution is 2.35. The lowest BCUT2D eigenvalue weighted by Crippen LogP contribution is -2.17. The van der Waals surface area contributed by atoms with Gasteiger partial charge in [0.2, 0.25) is 0 Å². The summed E-state index contributed by atoms with van der Waals surface area (Å²) in [4.78, 5) is 19.3. The van der Waals surface area contributed by atoms with E-state index >= 15 is 0 Å². The summed E-state index contributed by atoms with van der Waals surface area (Å²) in [6.07, 6.45) is 7.93. The Bertz CT molecular complexity index is 436. The molecule has 1 heterocycles. The largest absolute Gasteiger partial charge is 0.310 e. The van der Waals surface area contributed by atoms with Gasteiger partial charge in [-0.2, -0.15) is 0 Å². The molecule has 0 aromatic carbocycles. The van der Waals surface area contributed by atoms with E-state index < -0.39 is 0 Å². The fourth-order valence-electron chi connectivity index (χ4n) is 2.46. The van der Waals surface area contributed by atoms with Crippen molar-refractivity contribution in [3.8, 4) is 0 Å². The molecule has 1 aromatic rings. The molecule has 94 valence electrons. The van der Waals surface area contributed by atoms with Crippen LogP contribution >= 0.6 is 15.9 Å². The Morgan fingerprint density at radius 3 is 2.76 bits per heavy atom. The predicted octanol–water partition coefficient (Wildman–Crippen LogP) is 3.53. The first-order chi connectivity index (χ1) is 8.22. The van der Waals surface area contributed by atoms with E-state index in [0.717, 1.165) is 30.8 Å². The summed E-state index contributed by atoms with van der Waals surface area (Å²) < 4.78 is 0.643. The van der Waals surface area contributed by atoms with Gasteiger partial charge in [0.25, 0.3) is 5.56 Å². The van der Waals surface area contributed by atoms with E-state index in [9.17, 15) is 4.79 Å². The molecule has 1 aliphatic rings. The second kappa shape index (κ2) is 5.80. The van der Waals surface area contributed by atoms with Gasteiger partial charge in [0.05, 0.1) is 5.69 Å². The van der Waals surface area contributed by atoms with Crippen molar-refractivity contribution in [1.29, 1.82) is 0 Å². The maximum Gasteiger partial charge on any atom is 0.265 e. The molecule has 0 bridgehead atoms. The Balaban J connectivity index is 2.29. The van der Waals surface area contributed by atoms with Gasteiger partial charge >= 0.3 is 0 Å². The topological polar surface area (TPSA) is 45.8 Å². The molecule has 1 saturated carbocycles. The standard InChI is InChI=1S/C13H19BrN2O/c1-2-3-8-10-15-12(9-6-4-5-7-9)11(14)13(17)16-10/h9H,2-8H2,1H3,(H,15,16,17). The van der Waals surface area contributed by atoms with Crippen LogP contribution in [0.25, 0.3) is 0 Å². The third kappa shape index (κ3) is 2.97. The molecule has 0 atom stereocenters. The van der Waals surface area contributed by atoms with E-state index in [4.69, 9.17) is 0 Å². The molecule has 1 aromatic heterocycles. The molecular weight excluding hydrogens is 280 g/mol. The minimum Gasteiger partial charge on any atom is -0.310 e. The maximum atomic E-state index is 11.8.